The number of benzene rings is 1. The van der Waals surface area contributed by atoms with Gasteiger partial charge in [0.2, 0.25) is 5.75 Å². The summed E-state index contributed by atoms with van der Waals surface area (Å²) in [6.07, 6.45) is 0. The van der Waals surface area contributed by atoms with Crippen LogP contribution in [0.4, 0.5) is 0 Å². The minimum atomic E-state index is 0.147. The maximum Gasteiger partial charge on any atom is 0.203 e. The fourth-order valence-electron chi connectivity index (χ4n) is 2.00. The predicted octanol–water partition coefficient (Wildman–Crippen LogP) is 2.19. The highest BCUT2D eigenvalue weighted by Crippen LogP contribution is 2.38. The van der Waals surface area contributed by atoms with Gasteiger partial charge in [0.25, 0.3) is 0 Å². The zero-order chi connectivity index (χ0) is 15.9. The molecule has 120 valence electrons. The van der Waals surface area contributed by atoms with Gasteiger partial charge in [0.05, 0.1) is 21.3 Å². The molecule has 0 fully saturated rings. The van der Waals surface area contributed by atoms with Crippen LogP contribution in [0.25, 0.3) is 0 Å². The van der Waals surface area contributed by atoms with Crippen LogP contribution >= 0.6 is 0 Å². The smallest absolute Gasteiger partial charge is 0.203 e. The molecule has 0 heterocycles. The van der Waals surface area contributed by atoms with E-state index in [9.17, 15) is 0 Å². The SMILES string of the molecule is COc1cc(CNCCNC(C)(C)C)cc(OC)c1OC. The molecule has 5 nitrogen and oxygen atoms in total. The van der Waals surface area contributed by atoms with Gasteiger partial charge >= 0.3 is 0 Å². The summed E-state index contributed by atoms with van der Waals surface area (Å²) in [6.45, 7) is 9.05. The van der Waals surface area contributed by atoms with E-state index in [-0.39, 0.29) is 5.54 Å². The van der Waals surface area contributed by atoms with Crippen LogP contribution in [0.1, 0.15) is 26.3 Å². The van der Waals surface area contributed by atoms with Crippen molar-refractivity contribution in [3.63, 3.8) is 0 Å². The Labute approximate surface area is 128 Å². The van der Waals surface area contributed by atoms with Gasteiger partial charge in [-0.15, -0.1) is 0 Å². The maximum absolute atomic E-state index is 5.35. The standard InChI is InChI=1S/C16H28N2O3/c1-16(2,3)18-8-7-17-11-12-9-13(19-4)15(21-6)14(10-12)20-5/h9-10,17-18H,7-8,11H2,1-6H3. The minimum Gasteiger partial charge on any atom is -0.493 e. The molecule has 21 heavy (non-hydrogen) atoms. The summed E-state index contributed by atoms with van der Waals surface area (Å²) in [7, 11) is 4.86. The van der Waals surface area contributed by atoms with Crippen LogP contribution < -0.4 is 24.8 Å². The molecule has 0 unspecified atom stereocenters. The van der Waals surface area contributed by atoms with Crippen molar-refractivity contribution in [2.75, 3.05) is 34.4 Å². The summed E-state index contributed by atoms with van der Waals surface area (Å²) in [5.74, 6) is 1.99. The second-order valence-electron chi connectivity index (χ2n) is 5.89. The van der Waals surface area contributed by atoms with Crippen LogP contribution in [0.5, 0.6) is 17.2 Å². The first-order valence-corrected chi connectivity index (χ1v) is 7.16. The first-order valence-electron chi connectivity index (χ1n) is 7.16. The molecule has 5 heteroatoms. The third-order valence-corrected chi connectivity index (χ3v) is 3.01. The molecule has 0 atom stereocenters. The lowest BCUT2D eigenvalue weighted by molar-refractivity contribution is 0.323. The normalized spacial score (nSPS) is 11.3. The summed E-state index contributed by atoms with van der Waals surface area (Å²) in [5, 5.41) is 6.84. The van der Waals surface area contributed by atoms with E-state index in [4.69, 9.17) is 14.2 Å². The lowest BCUT2D eigenvalue weighted by Gasteiger charge is -2.20. The highest BCUT2D eigenvalue weighted by atomic mass is 16.5. The summed E-state index contributed by atoms with van der Waals surface area (Å²) < 4.78 is 16.0. The number of rotatable bonds is 8. The number of methoxy groups -OCH3 is 3. The van der Waals surface area contributed by atoms with Gasteiger partial charge in [0.1, 0.15) is 0 Å². The third-order valence-electron chi connectivity index (χ3n) is 3.01. The van der Waals surface area contributed by atoms with Crippen LogP contribution in [-0.2, 0) is 6.54 Å². The van der Waals surface area contributed by atoms with Gasteiger partial charge < -0.3 is 24.8 Å². The van der Waals surface area contributed by atoms with Crippen molar-refractivity contribution in [1.29, 1.82) is 0 Å². The van der Waals surface area contributed by atoms with Crippen molar-refractivity contribution in [1.82, 2.24) is 10.6 Å². The fourth-order valence-corrected chi connectivity index (χ4v) is 2.00. The second-order valence-corrected chi connectivity index (χ2v) is 5.89. The second kappa shape index (κ2) is 8.10. The first-order chi connectivity index (χ1) is 9.91. The molecule has 0 bridgehead atoms. The molecular weight excluding hydrogens is 268 g/mol. The van der Waals surface area contributed by atoms with E-state index < -0.39 is 0 Å². The Morgan fingerprint density at radius 1 is 0.905 bits per heavy atom. The Kier molecular flexibility index (Phi) is 6.78. The van der Waals surface area contributed by atoms with E-state index >= 15 is 0 Å². The maximum atomic E-state index is 5.35. The third kappa shape index (κ3) is 5.81. The number of nitrogens with one attached hydrogen (secondary N) is 2. The molecule has 0 aromatic heterocycles. The molecule has 0 spiro atoms. The Bertz CT molecular complexity index is 417. The van der Waals surface area contributed by atoms with Crippen LogP contribution in [0.15, 0.2) is 12.1 Å². The molecule has 0 aliphatic carbocycles. The van der Waals surface area contributed by atoms with Crippen LogP contribution in [0.3, 0.4) is 0 Å². The average molecular weight is 296 g/mol. The molecule has 0 aliphatic rings. The highest BCUT2D eigenvalue weighted by Gasteiger charge is 2.13. The van der Waals surface area contributed by atoms with E-state index in [2.05, 4.69) is 31.4 Å². The van der Waals surface area contributed by atoms with Crippen molar-refractivity contribution in [3.8, 4) is 17.2 Å². The zero-order valence-electron chi connectivity index (χ0n) is 14.0. The fraction of sp³-hybridized carbons (Fsp3) is 0.625. The summed E-state index contributed by atoms with van der Waals surface area (Å²) in [5.41, 5.74) is 1.24. The van der Waals surface area contributed by atoms with Gasteiger partial charge in [-0.2, -0.15) is 0 Å². The Morgan fingerprint density at radius 2 is 1.48 bits per heavy atom. The highest BCUT2D eigenvalue weighted by molar-refractivity contribution is 5.53. The van der Waals surface area contributed by atoms with Gasteiger partial charge in [-0.25, -0.2) is 0 Å². The molecule has 1 aromatic rings. The van der Waals surface area contributed by atoms with Gasteiger partial charge in [0, 0.05) is 25.2 Å². The summed E-state index contributed by atoms with van der Waals surface area (Å²) in [4.78, 5) is 0. The van der Waals surface area contributed by atoms with Crippen molar-refractivity contribution in [2.45, 2.75) is 32.9 Å². The van der Waals surface area contributed by atoms with Crippen LogP contribution in [-0.4, -0.2) is 40.0 Å². The molecule has 0 radical (unpaired) electrons. The van der Waals surface area contributed by atoms with Crippen molar-refractivity contribution in [2.24, 2.45) is 0 Å². The molecule has 0 saturated heterocycles. The van der Waals surface area contributed by atoms with Crippen molar-refractivity contribution >= 4 is 0 Å². The lowest BCUT2D eigenvalue weighted by Crippen LogP contribution is -2.40. The molecular formula is C16H28N2O3. The van der Waals surface area contributed by atoms with Crippen molar-refractivity contribution < 1.29 is 14.2 Å². The Morgan fingerprint density at radius 3 is 1.90 bits per heavy atom. The largest absolute Gasteiger partial charge is 0.493 e. The van der Waals surface area contributed by atoms with E-state index in [0.29, 0.717) is 17.2 Å². The zero-order valence-corrected chi connectivity index (χ0v) is 14.0. The average Bonchev–Trinajstić information content (AvgIpc) is 2.44. The van der Waals surface area contributed by atoms with Gasteiger partial charge in [-0.05, 0) is 38.5 Å². The van der Waals surface area contributed by atoms with E-state index in [1.54, 1.807) is 21.3 Å². The van der Waals surface area contributed by atoms with E-state index in [1.807, 2.05) is 12.1 Å². The topological polar surface area (TPSA) is 51.8 Å². The number of ether oxygens (including phenoxy) is 3. The molecule has 0 amide bonds. The molecule has 1 rings (SSSR count). The monoisotopic (exact) mass is 296 g/mol. The molecule has 2 N–H and O–H groups in total. The summed E-state index contributed by atoms with van der Waals surface area (Å²) in [6, 6.07) is 3.93. The first kappa shape index (κ1) is 17.6. The molecule has 1 aromatic carbocycles. The Hall–Kier alpha value is -1.46. The lowest BCUT2D eigenvalue weighted by atomic mass is 10.1. The molecule has 0 saturated carbocycles. The van der Waals surface area contributed by atoms with Crippen LogP contribution in [0, 0.1) is 0 Å². The molecule has 0 aliphatic heterocycles. The van der Waals surface area contributed by atoms with Gasteiger partial charge in [0.15, 0.2) is 11.5 Å². The predicted molar refractivity (Wildman–Crippen MR) is 85.6 cm³/mol. The van der Waals surface area contributed by atoms with E-state index in [0.717, 1.165) is 25.2 Å². The Balaban J connectivity index is 2.59. The number of hydrogen-bond acceptors (Lipinski definition) is 5. The number of hydrogen-bond donors (Lipinski definition) is 2. The van der Waals surface area contributed by atoms with E-state index in [1.165, 1.54) is 0 Å². The minimum absolute atomic E-state index is 0.147. The summed E-state index contributed by atoms with van der Waals surface area (Å²) >= 11 is 0. The van der Waals surface area contributed by atoms with Crippen LogP contribution in [0.2, 0.25) is 0 Å². The quantitative estimate of drug-likeness (QED) is 0.720. The van der Waals surface area contributed by atoms with Gasteiger partial charge in [-0.3, -0.25) is 0 Å². The van der Waals surface area contributed by atoms with Gasteiger partial charge in [-0.1, -0.05) is 0 Å². The van der Waals surface area contributed by atoms with Crippen molar-refractivity contribution in [3.05, 3.63) is 17.7 Å².